The predicted octanol–water partition coefficient (Wildman–Crippen LogP) is 2.13. The highest BCUT2D eigenvalue weighted by Crippen LogP contribution is 2.24. The Labute approximate surface area is 121 Å². The molecule has 0 spiro atoms. The number of hydrogen-bond donors (Lipinski definition) is 1. The molecule has 0 atom stereocenters. The maximum Gasteiger partial charge on any atom is 0.252 e. The van der Waals surface area contributed by atoms with Crippen molar-refractivity contribution in [1.82, 2.24) is 4.31 Å². The van der Waals surface area contributed by atoms with Crippen molar-refractivity contribution in [3.8, 4) is 0 Å². The molecule has 0 aliphatic carbocycles. The smallest absolute Gasteiger partial charge is 0.252 e. The molecule has 2 aromatic rings. The van der Waals surface area contributed by atoms with Crippen LogP contribution in [0.1, 0.15) is 9.75 Å². The second-order valence-corrected chi connectivity index (χ2v) is 8.55. The zero-order chi connectivity index (χ0) is 13.9. The second-order valence-electron chi connectivity index (χ2n) is 4.08. The summed E-state index contributed by atoms with van der Waals surface area (Å²) in [6.45, 7) is 0.859. The average Bonchev–Trinajstić information content (AvgIpc) is 3.06. The van der Waals surface area contributed by atoms with E-state index < -0.39 is 10.0 Å². The topological polar surface area (TPSA) is 63.4 Å². The Morgan fingerprint density at radius 1 is 1.26 bits per heavy atom. The molecule has 104 valence electrons. The normalized spacial score (nSPS) is 12.2. The Hall–Kier alpha value is -0.730. The second kappa shape index (κ2) is 6.15. The van der Waals surface area contributed by atoms with Gasteiger partial charge in [0.15, 0.2) is 0 Å². The van der Waals surface area contributed by atoms with Crippen molar-refractivity contribution in [3.05, 3.63) is 39.4 Å². The summed E-state index contributed by atoms with van der Waals surface area (Å²) in [7, 11) is -1.76. The lowest BCUT2D eigenvalue weighted by Gasteiger charge is -2.15. The predicted molar refractivity (Wildman–Crippen MR) is 80.0 cm³/mol. The molecule has 0 aliphatic rings. The van der Waals surface area contributed by atoms with E-state index in [2.05, 4.69) is 0 Å². The molecule has 0 saturated heterocycles. The number of rotatable bonds is 6. The third-order valence-electron chi connectivity index (χ3n) is 2.76. The summed E-state index contributed by atoms with van der Waals surface area (Å²) in [5.74, 6) is 0. The van der Waals surface area contributed by atoms with E-state index in [9.17, 15) is 8.42 Å². The van der Waals surface area contributed by atoms with Crippen LogP contribution in [0.3, 0.4) is 0 Å². The number of likely N-dealkylation sites (N-methyl/N-ethyl adjacent to an activating group) is 1. The summed E-state index contributed by atoms with van der Waals surface area (Å²) in [6.07, 6.45) is 0.739. The molecule has 2 N–H and O–H groups in total. The molecular formula is C12H16N2O2S3. The van der Waals surface area contributed by atoms with Gasteiger partial charge in [-0.2, -0.15) is 4.31 Å². The summed E-state index contributed by atoms with van der Waals surface area (Å²) < 4.78 is 26.4. The van der Waals surface area contributed by atoms with Gasteiger partial charge in [0.25, 0.3) is 10.0 Å². The molecule has 0 bridgehead atoms. The van der Waals surface area contributed by atoms with Crippen LogP contribution in [0.15, 0.2) is 33.9 Å². The summed E-state index contributed by atoms with van der Waals surface area (Å²) in [5.41, 5.74) is 5.51. The molecule has 2 heterocycles. The quantitative estimate of drug-likeness (QED) is 0.888. The van der Waals surface area contributed by atoms with E-state index in [-0.39, 0.29) is 0 Å². The lowest BCUT2D eigenvalue weighted by Crippen LogP contribution is -2.28. The van der Waals surface area contributed by atoms with Crippen LogP contribution in [0.25, 0.3) is 0 Å². The Bertz CT molecular complexity index is 617. The molecule has 0 amide bonds. The Kier molecular flexibility index (Phi) is 4.75. The van der Waals surface area contributed by atoms with Crippen molar-refractivity contribution in [3.63, 3.8) is 0 Å². The van der Waals surface area contributed by atoms with E-state index in [1.165, 1.54) is 20.5 Å². The molecule has 0 fully saturated rings. The minimum Gasteiger partial charge on any atom is -0.326 e. The number of thiophene rings is 2. The average molecular weight is 316 g/mol. The van der Waals surface area contributed by atoms with Gasteiger partial charge in [-0.25, -0.2) is 8.42 Å². The molecule has 7 heteroatoms. The minimum absolute atomic E-state index is 0.363. The van der Waals surface area contributed by atoms with Crippen molar-refractivity contribution in [2.45, 2.75) is 17.2 Å². The Morgan fingerprint density at radius 3 is 2.63 bits per heavy atom. The SMILES string of the molecule is CN(CCc1cccs1)S(=O)(=O)c1ccc(CN)s1. The van der Waals surface area contributed by atoms with Gasteiger partial charge in [-0.05, 0) is 30.0 Å². The Balaban J connectivity index is 2.06. The van der Waals surface area contributed by atoms with Gasteiger partial charge in [0.05, 0.1) is 0 Å². The first-order valence-electron chi connectivity index (χ1n) is 5.81. The van der Waals surface area contributed by atoms with E-state index >= 15 is 0 Å². The van der Waals surface area contributed by atoms with Crippen LogP contribution in [0.2, 0.25) is 0 Å². The van der Waals surface area contributed by atoms with Crippen molar-refractivity contribution >= 4 is 32.7 Å². The van der Waals surface area contributed by atoms with Crippen molar-refractivity contribution in [2.24, 2.45) is 5.73 Å². The van der Waals surface area contributed by atoms with Crippen molar-refractivity contribution in [2.75, 3.05) is 13.6 Å². The summed E-state index contributed by atoms with van der Waals surface area (Å²) in [4.78, 5) is 2.07. The van der Waals surface area contributed by atoms with Gasteiger partial charge in [-0.1, -0.05) is 6.07 Å². The minimum atomic E-state index is -3.38. The van der Waals surface area contributed by atoms with Crippen LogP contribution in [0.5, 0.6) is 0 Å². The third kappa shape index (κ3) is 3.43. The van der Waals surface area contributed by atoms with Gasteiger partial charge < -0.3 is 5.73 Å². The molecule has 0 saturated carbocycles. The van der Waals surface area contributed by atoms with Crippen molar-refractivity contribution in [1.29, 1.82) is 0 Å². The van der Waals surface area contributed by atoms with Gasteiger partial charge in [0.1, 0.15) is 4.21 Å². The van der Waals surface area contributed by atoms with Crippen LogP contribution in [-0.4, -0.2) is 26.3 Å². The highest BCUT2D eigenvalue weighted by atomic mass is 32.2. The van der Waals surface area contributed by atoms with E-state index in [1.807, 2.05) is 17.5 Å². The zero-order valence-electron chi connectivity index (χ0n) is 10.6. The lowest BCUT2D eigenvalue weighted by atomic mass is 10.3. The van der Waals surface area contributed by atoms with E-state index in [0.717, 1.165) is 11.3 Å². The van der Waals surface area contributed by atoms with Gasteiger partial charge in [-0.15, -0.1) is 22.7 Å². The van der Waals surface area contributed by atoms with Crippen LogP contribution < -0.4 is 5.73 Å². The molecule has 2 rings (SSSR count). The first kappa shape index (κ1) is 14.7. The maximum atomic E-state index is 12.3. The fraction of sp³-hybridized carbons (Fsp3) is 0.333. The summed E-state index contributed by atoms with van der Waals surface area (Å²) in [6, 6.07) is 7.39. The van der Waals surface area contributed by atoms with Crippen LogP contribution >= 0.6 is 22.7 Å². The maximum absolute atomic E-state index is 12.3. The highest BCUT2D eigenvalue weighted by Gasteiger charge is 2.22. The monoisotopic (exact) mass is 316 g/mol. The number of nitrogens with zero attached hydrogens (tertiary/aromatic N) is 1. The van der Waals surface area contributed by atoms with Crippen LogP contribution in [-0.2, 0) is 23.0 Å². The molecule has 2 aromatic heterocycles. The van der Waals surface area contributed by atoms with E-state index in [4.69, 9.17) is 5.73 Å². The summed E-state index contributed by atoms with van der Waals surface area (Å²) in [5, 5.41) is 2.00. The van der Waals surface area contributed by atoms with E-state index in [1.54, 1.807) is 30.5 Å². The molecular weight excluding hydrogens is 300 g/mol. The first-order valence-corrected chi connectivity index (χ1v) is 8.95. The lowest BCUT2D eigenvalue weighted by molar-refractivity contribution is 0.475. The summed E-state index contributed by atoms with van der Waals surface area (Å²) >= 11 is 2.88. The van der Waals surface area contributed by atoms with Gasteiger partial charge >= 0.3 is 0 Å². The fourth-order valence-corrected chi connectivity index (χ4v) is 4.92. The van der Waals surface area contributed by atoms with Gasteiger partial charge in [-0.3, -0.25) is 0 Å². The van der Waals surface area contributed by atoms with Gasteiger partial charge in [0, 0.05) is 29.9 Å². The molecule has 19 heavy (non-hydrogen) atoms. The van der Waals surface area contributed by atoms with Gasteiger partial charge in [0.2, 0.25) is 0 Å². The van der Waals surface area contributed by atoms with Crippen molar-refractivity contribution < 1.29 is 8.42 Å². The molecule has 0 aromatic carbocycles. The highest BCUT2D eigenvalue weighted by molar-refractivity contribution is 7.91. The standard InChI is InChI=1S/C12H16N2O2S3/c1-14(7-6-10-3-2-8-17-10)19(15,16)12-5-4-11(9-13)18-12/h2-5,8H,6-7,9,13H2,1H3. The number of nitrogens with two attached hydrogens (primary N) is 1. The largest absolute Gasteiger partial charge is 0.326 e. The molecule has 0 unspecified atom stereocenters. The number of hydrogen-bond acceptors (Lipinski definition) is 5. The zero-order valence-corrected chi connectivity index (χ0v) is 13.0. The third-order valence-corrected chi connectivity index (χ3v) is 7.12. The molecule has 0 radical (unpaired) electrons. The molecule has 0 aliphatic heterocycles. The molecule has 4 nitrogen and oxygen atoms in total. The van der Waals surface area contributed by atoms with E-state index in [0.29, 0.717) is 17.3 Å². The first-order chi connectivity index (χ1) is 9.04. The van der Waals surface area contributed by atoms with Crippen LogP contribution in [0.4, 0.5) is 0 Å². The Morgan fingerprint density at radius 2 is 2.05 bits per heavy atom. The van der Waals surface area contributed by atoms with Crippen LogP contribution in [0, 0.1) is 0 Å². The fourth-order valence-electron chi connectivity index (χ4n) is 1.60. The number of sulfonamides is 1.